The first-order valence-electron chi connectivity index (χ1n) is 13.0. The summed E-state index contributed by atoms with van der Waals surface area (Å²) in [5.74, 6) is -3.29. The molecular weight excluding hydrogens is 616 g/mol. The van der Waals surface area contributed by atoms with Crippen LogP contribution in [0.5, 0.6) is 5.75 Å². The highest BCUT2D eigenvalue weighted by molar-refractivity contribution is 6.10. The van der Waals surface area contributed by atoms with Crippen LogP contribution >= 0.6 is 0 Å². The van der Waals surface area contributed by atoms with E-state index in [2.05, 4.69) is 14.9 Å². The lowest BCUT2D eigenvalue weighted by atomic mass is 9.94. The quantitative estimate of drug-likeness (QED) is 0.231. The van der Waals surface area contributed by atoms with Crippen molar-refractivity contribution in [1.29, 1.82) is 0 Å². The number of nitrogens with one attached hydrogen (secondary N) is 1. The molecule has 15 heteroatoms. The number of nitrogens with zero attached hydrogens (tertiary/aromatic N) is 3. The van der Waals surface area contributed by atoms with Gasteiger partial charge in [0.25, 0.3) is 11.5 Å². The van der Waals surface area contributed by atoms with Gasteiger partial charge in [-0.3, -0.25) is 9.59 Å². The van der Waals surface area contributed by atoms with Gasteiger partial charge in [-0.15, -0.1) is 0 Å². The number of halogens is 8. The molecule has 1 aromatic heterocycles. The Balaban J connectivity index is 0.000000207. The number of carbonyl (C=O) groups is 1. The highest BCUT2D eigenvalue weighted by atomic mass is 19.4. The van der Waals surface area contributed by atoms with Gasteiger partial charge in [-0.05, 0) is 55.0 Å². The molecule has 7 nitrogen and oxygen atoms in total. The molecule has 5 rings (SSSR count). The van der Waals surface area contributed by atoms with Crippen molar-refractivity contribution in [1.82, 2.24) is 10.2 Å². The number of hydrazone groups is 1. The average Bonchev–Trinajstić information content (AvgIpc) is 2.98. The van der Waals surface area contributed by atoms with Gasteiger partial charge in [0, 0.05) is 12.0 Å². The minimum absolute atomic E-state index is 0.144. The molecule has 0 saturated heterocycles. The van der Waals surface area contributed by atoms with Crippen LogP contribution in [0.4, 0.5) is 40.8 Å². The minimum Gasteiger partial charge on any atom is -0.435 e. The Bertz CT molecular complexity index is 1700. The van der Waals surface area contributed by atoms with Crippen molar-refractivity contribution in [3.05, 3.63) is 112 Å². The molecule has 236 valence electrons. The molecule has 1 aliphatic heterocycles. The van der Waals surface area contributed by atoms with E-state index in [4.69, 9.17) is 0 Å². The van der Waals surface area contributed by atoms with Crippen LogP contribution in [-0.4, -0.2) is 34.6 Å². The maximum Gasteiger partial charge on any atom is 0.421 e. The van der Waals surface area contributed by atoms with Gasteiger partial charge in [0.2, 0.25) is 0 Å². The highest BCUT2D eigenvalue weighted by Crippen LogP contribution is 2.36. The summed E-state index contributed by atoms with van der Waals surface area (Å²) in [5, 5.41) is 10.3. The number of alkyl halides is 8. The van der Waals surface area contributed by atoms with Crippen molar-refractivity contribution in [2.24, 2.45) is 11.0 Å². The summed E-state index contributed by atoms with van der Waals surface area (Å²) < 4.78 is 106. The van der Waals surface area contributed by atoms with Crippen molar-refractivity contribution >= 4 is 17.3 Å². The smallest absolute Gasteiger partial charge is 0.421 e. The number of benzene rings is 3. The van der Waals surface area contributed by atoms with Crippen LogP contribution in [0.1, 0.15) is 23.1 Å². The van der Waals surface area contributed by atoms with E-state index in [0.29, 0.717) is 17.3 Å². The van der Waals surface area contributed by atoms with Crippen LogP contribution in [0.15, 0.2) is 94.8 Å². The maximum atomic E-state index is 13.3. The van der Waals surface area contributed by atoms with Gasteiger partial charge in [0.05, 0.1) is 17.1 Å². The van der Waals surface area contributed by atoms with Crippen molar-refractivity contribution < 1.29 is 44.7 Å². The molecule has 3 aromatic carbocycles. The third-order valence-electron chi connectivity index (χ3n) is 6.39. The third kappa shape index (κ3) is 8.31. The SMILES string of the molecule is Cc1ccc(C2=NN(c3ccccc3)C(=O)C(C(F)(F)F)C2)cc1.O=c1[nH]nc(-c2ccc(OC(F)F)cc2)cc1C(F)(F)F. The highest BCUT2D eigenvalue weighted by Gasteiger charge is 2.49. The molecule has 1 N–H and O–H groups in total. The first kappa shape index (κ1) is 32.8. The second kappa shape index (κ2) is 13.3. The average molecular weight is 639 g/mol. The second-order valence-corrected chi connectivity index (χ2v) is 9.59. The summed E-state index contributed by atoms with van der Waals surface area (Å²) in [7, 11) is 0. The Labute approximate surface area is 249 Å². The van der Waals surface area contributed by atoms with Crippen LogP contribution in [0.2, 0.25) is 0 Å². The van der Waals surface area contributed by atoms with Gasteiger partial charge in [-0.25, -0.2) is 5.10 Å². The van der Waals surface area contributed by atoms with Crippen molar-refractivity contribution in [2.75, 3.05) is 5.01 Å². The number of ether oxygens (including phenoxy) is 1. The number of hydrogen-bond donors (Lipinski definition) is 1. The molecular formula is C30H22F8N4O3. The molecule has 0 spiro atoms. The Kier molecular flexibility index (Phi) is 9.69. The molecule has 1 amide bonds. The zero-order valence-corrected chi connectivity index (χ0v) is 23.0. The molecule has 1 unspecified atom stereocenters. The van der Waals surface area contributed by atoms with E-state index in [-0.39, 0.29) is 22.7 Å². The normalized spacial score (nSPS) is 15.3. The van der Waals surface area contributed by atoms with Crippen LogP contribution in [0.3, 0.4) is 0 Å². The molecule has 0 aliphatic carbocycles. The van der Waals surface area contributed by atoms with E-state index in [1.807, 2.05) is 19.1 Å². The number of anilines is 1. The molecule has 2 heterocycles. The van der Waals surface area contributed by atoms with Crippen molar-refractivity contribution in [3.8, 4) is 17.0 Å². The number of aromatic amines is 1. The standard InChI is InChI=1S/C18H15F3N2O.C12H7F5N2O2/c1-12-7-9-13(10-8-12)16-11-15(18(19,20)21)17(24)23(22-16)14-5-3-2-4-6-14;13-11(14)21-7-3-1-6(2-4-7)9-5-8(12(15,16)17)10(20)19-18-9/h2-10,15H,11H2,1H3;1-5,11H,(H,19,20). The van der Waals surface area contributed by atoms with Crippen molar-refractivity contribution in [2.45, 2.75) is 32.3 Å². The number of H-pyrrole nitrogens is 1. The number of aromatic nitrogens is 2. The summed E-state index contributed by atoms with van der Waals surface area (Å²) in [6, 6.07) is 20.6. The number of rotatable bonds is 5. The van der Waals surface area contributed by atoms with Gasteiger partial charge in [0.1, 0.15) is 17.2 Å². The van der Waals surface area contributed by atoms with E-state index in [1.54, 1.807) is 47.6 Å². The lowest BCUT2D eigenvalue weighted by Crippen LogP contribution is -2.45. The Morgan fingerprint density at radius 1 is 0.867 bits per heavy atom. The van der Waals surface area contributed by atoms with E-state index in [0.717, 1.165) is 22.7 Å². The molecule has 0 bridgehead atoms. The number of aryl methyl sites for hydroxylation is 1. The van der Waals surface area contributed by atoms with Crippen LogP contribution in [0, 0.1) is 12.8 Å². The molecule has 4 aromatic rings. The number of amides is 1. The first-order chi connectivity index (χ1) is 21.1. The summed E-state index contributed by atoms with van der Waals surface area (Å²) >= 11 is 0. The monoisotopic (exact) mass is 638 g/mol. The van der Waals surface area contributed by atoms with E-state index >= 15 is 0 Å². The van der Waals surface area contributed by atoms with Gasteiger partial charge < -0.3 is 4.74 Å². The fraction of sp³-hybridized carbons (Fsp3) is 0.200. The maximum absolute atomic E-state index is 13.3. The third-order valence-corrected chi connectivity index (χ3v) is 6.39. The molecule has 1 atom stereocenters. The molecule has 0 fully saturated rings. The first-order valence-corrected chi connectivity index (χ1v) is 13.0. The van der Waals surface area contributed by atoms with Crippen LogP contribution in [-0.2, 0) is 11.0 Å². The fourth-order valence-electron chi connectivity index (χ4n) is 4.14. The van der Waals surface area contributed by atoms with Crippen molar-refractivity contribution in [3.63, 3.8) is 0 Å². The van der Waals surface area contributed by atoms with Gasteiger partial charge in [0.15, 0.2) is 0 Å². The van der Waals surface area contributed by atoms with E-state index in [1.165, 1.54) is 12.1 Å². The van der Waals surface area contributed by atoms with Gasteiger partial charge in [-0.2, -0.15) is 50.3 Å². The minimum atomic E-state index is -4.82. The van der Waals surface area contributed by atoms with E-state index in [9.17, 15) is 44.7 Å². The predicted molar refractivity (Wildman–Crippen MR) is 148 cm³/mol. The zero-order valence-electron chi connectivity index (χ0n) is 23.0. The summed E-state index contributed by atoms with van der Waals surface area (Å²) in [6.07, 6.45) is -9.88. The largest absolute Gasteiger partial charge is 0.435 e. The lowest BCUT2D eigenvalue weighted by Gasteiger charge is -2.30. The predicted octanol–water partition coefficient (Wildman–Crippen LogP) is 7.37. The van der Waals surface area contributed by atoms with E-state index < -0.39 is 48.3 Å². The Morgan fingerprint density at radius 3 is 2.02 bits per heavy atom. The number of carbonyl (C=O) groups excluding carboxylic acids is 1. The fourth-order valence-corrected chi connectivity index (χ4v) is 4.14. The molecule has 45 heavy (non-hydrogen) atoms. The second-order valence-electron chi connectivity index (χ2n) is 9.59. The topological polar surface area (TPSA) is 87.7 Å². The number of hydrogen-bond acceptors (Lipinski definition) is 5. The molecule has 0 saturated carbocycles. The van der Waals surface area contributed by atoms with Crippen LogP contribution in [0.25, 0.3) is 11.3 Å². The summed E-state index contributed by atoms with van der Waals surface area (Å²) in [6.45, 7) is -1.11. The van der Waals surface area contributed by atoms with Gasteiger partial charge >= 0.3 is 19.0 Å². The summed E-state index contributed by atoms with van der Waals surface area (Å²) in [4.78, 5) is 23.4. The molecule has 0 radical (unpaired) electrons. The Morgan fingerprint density at radius 2 is 1.47 bits per heavy atom. The van der Waals surface area contributed by atoms with Crippen LogP contribution < -0.4 is 15.3 Å². The summed E-state index contributed by atoms with van der Waals surface area (Å²) in [5.41, 5.74) is -0.531. The zero-order chi connectivity index (χ0) is 32.9. The Hall–Kier alpha value is -5.08. The van der Waals surface area contributed by atoms with Gasteiger partial charge in [-0.1, -0.05) is 48.0 Å². The lowest BCUT2D eigenvalue weighted by molar-refractivity contribution is -0.180. The molecule has 1 aliphatic rings. The number of para-hydroxylation sites is 1.